The van der Waals surface area contributed by atoms with Crippen LogP contribution in [-0.2, 0) is 11.2 Å². The summed E-state index contributed by atoms with van der Waals surface area (Å²) in [6.45, 7) is 5.13. The van der Waals surface area contributed by atoms with E-state index in [-0.39, 0.29) is 0 Å². The van der Waals surface area contributed by atoms with Crippen molar-refractivity contribution in [1.82, 2.24) is 10.3 Å². The SMILES string of the molecule is C[C@H](NCCCc1nc2ccccc2o1)C1CCOCC1. The molecule has 0 radical (unpaired) electrons. The van der Waals surface area contributed by atoms with E-state index in [2.05, 4.69) is 17.2 Å². The van der Waals surface area contributed by atoms with Crippen molar-refractivity contribution < 1.29 is 9.15 Å². The molecule has 21 heavy (non-hydrogen) atoms. The van der Waals surface area contributed by atoms with Gasteiger partial charge in [-0.3, -0.25) is 0 Å². The molecule has 0 saturated carbocycles. The van der Waals surface area contributed by atoms with E-state index in [9.17, 15) is 0 Å². The summed E-state index contributed by atoms with van der Waals surface area (Å²) in [6.07, 6.45) is 4.31. The summed E-state index contributed by atoms with van der Waals surface area (Å²) in [5.74, 6) is 1.60. The van der Waals surface area contributed by atoms with E-state index >= 15 is 0 Å². The smallest absolute Gasteiger partial charge is 0.195 e. The maximum absolute atomic E-state index is 5.74. The van der Waals surface area contributed by atoms with Gasteiger partial charge in [0.15, 0.2) is 11.5 Å². The Balaban J connectivity index is 1.41. The number of hydrogen-bond acceptors (Lipinski definition) is 4. The van der Waals surface area contributed by atoms with Gasteiger partial charge in [-0.05, 0) is 50.8 Å². The van der Waals surface area contributed by atoms with Crippen LogP contribution in [0.2, 0.25) is 0 Å². The first-order chi connectivity index (χ1) is 10.3. The molecule has 4 heteroatoms. The van der Waals surface area contributed by atoms with Crippen molar-refractivity contribution in [2.45, 2.75) is 38.6 Å². The Hall–Kier alpha value is -1.39. The van der Waals surface area contributed by atoms with Crippen molar-refractivity contribution >= 4 is 11.1 Å². The van der Waals surface area contributed by atoms with Crippen LogP contribution in [0.25, 0.3) is 11.1 Å². The van der Waals surface area contributed by atoms with Gasteiger partial charge < -0.3 is 14.5 Å². The van der Waals surface area contributed by atoms with Crippen LogP contribution >= 0.6 is 0 Å². The lowest BCUT2D eigenvalue weighted by atomic mass is 9.93. The molecule has 2 aromatic rings. The Morgan fingerprint density at radius 2 is 2.10 bits per heavy atom. The summed E-state index contributed by atoms with van der Waals surface area (Å²) in [5.41, 5.74) is 1.84. The number of fused-ring (bicyclic) bond motifs is 1. The molecule has 2 heterocycles. The van der Waals surface area contributed by atoms with Crippen molar-refractivity contribution in [3.63, 3.8) is 0 Å². The molecule has 1 fully saturated rings. The highest BCUT2D eigenvalue weighted by atomic mass is 16.5. The maximum atomic E-state index is 5.74. The minimum Gasteiger partial charge on any atom is -0.441 e. The third-order valence-corrected chi connectivity index (χ3v) is 4.34. The number of para-hydroxylation sites is 2. The molecule has 1 N–H and O–H groups in total. The Bertz CT molecular complexity index is 528. The number of rotatable bonds is 6. The van der Waals surface area contributed by atoms with Gasteiger partial charge in [0.25, 0.3) is 0 Å². The predicted octanol–water partition coefficient (Wildman–Crippen LogP) is 3.17. The first-order valence-corrected chi connectivity index (χ1v) is 7.98. The van der Waals surface area contributed by atoms with Crippen LogP contribution in [0, 0.1) is 5.92 Å². The second-order valence-electron chi connectivity index (χ2n) is 5.87. The van der Waals surface area contributed by atoms with Crippen LogP contribution in [0.1, 0.15) is 32.1 Å². The summed E-state index contributed by atoms with van der Waals surface area (Å²) >= 11 is 0. The quantitative estimate of drug-likeness (QED) is 0.829. The van der Waals surface area contributed by atoms with E-state index in [1.807, 2.05) is 24.3 Å². The van der Waals surface area contributed by atoms with Crippen molar-refractivity contribution in [2.24, 2.45) is 5.92 Å². The number of benzene rings is 1. The summed E-state index contributed by atoms with van der Waals surface area (Å²) < 4.78 is 11.1. The lowest BCUT2D eigenvalue weighted by Gasteiger charge is -2.28. The highest BCUT2D eigenvalue weighted by Gasteiger charge is 2.19. The predicted molar refractivity (Wildman–Crippen MR) is 83.3 cm³/mol. The molecular weight excluding hydrogens is 264 g/mol. The Kier molecular flexibility index (Phi) is 4.88. The van der Waals surface area contributed by atoms with Crippen LogP contribution < -0.4 is 5.32 Å². The van der Waals surface area contributed by atoms with Gasteiger partial charge in [0.1, 0.15) is 5.52 Å². The lowest BCUT2D eigenvalue weighted by molar-refractivity contribution is 0.0560. The standard InChI is InChI=1S/C17H24N2O2/c1-13(14-8-11-20-12-9-14)18-10-4-7-17-19-15-5-2-3-6-16(15)21-17/h2-3,5-6,13-14,18H,4,7-12H2,1H3/t13-/m0/s1. The minimum atomic E-state index is 0.567. The zero-order valence-electron chi connectivity index (χ0n) is 12.7. The van der Waals surface area contributed by atoms with Gasteiger partial charge in [0, 0.05) is 25.7 Å². The topological polar surface area (TPSA) is 47.3 Å². The average Bonchev–Trinajstić information content (AvgIpc) is 2.95. The molecule has 0 spiro atoms. The molecule has 0 aliphatic carbocycles. The lowest BCUT2D eigenvalue weighted by Crippen LogP contribution is -2.37. The molecule has 3 rings (SSSR count). The normalized spacial score (nSPS) is 18.1. The van der Waals surface area contributed by atoms with E-state index in [1.54, 1.807) is 0 Å². The largest absolute Gasteiger partial charge is 0.441 e. The van der Waals surface area contributed by atoms with Crippen LogP contribution in [0.15, 0.2) is 28.7 Å². The van der Waals surface area contributed by atoms with Crippen LogP contribution in [0.4, 0.5) is 0 Å². The van der Waals surface area contributed by atoms with Gasteiger partial charge in [-0.15, -0.1) is 0 Å². The molecule has 0 bridgehead atoms. The highest BCUT2D eigenvalue weighted by Crippen LogP contribution is 2.19. The average molecular weight is 288 g/mol. The maximum Gasteiger partial charge on any atom is 0.195 e. The number of aromatic nitrogens is 1. The van der Waals surface area contributed by atoms with Gasteiger partial charge in [0.2, 0.25) is 0 Å². The third-order valence-electron chi connectivity index (χ3n) is 4.34. The molecule has 1 aliphatic heterocycles. The van der Waals surface area contributed by atoms with E-state index in [0.717, 1.165) is 55.5 Å². The molecule has 1 aromatic carbocycles. The van der Waals surface area contributed by atoms with Gasteiger partial charge in [-0.2, -0.15) is 0 Å². The second-order valence-corrected chi connectivity index (χ2v) is 5.87. The van der Waals surface area contributed by atoms with E-state index in [1.165, 1.54) is 12.8 Å². The Labute approximate surface area is 125 Å². The fraction of sp³-hybridized carbons (Fsp3) is 0.588. The Morgan fingerprint density at radius 1 is 1.29 bits per heavy atom. The van der Waals surface area contributed by atoms with E-state index in [0.29, 0.717) is 6.04 Å². The number of oxazole rings is 1. The molecule has 1 saturated heterocycles. The molecule has 1 aliphatic rings. The molecule has 0 amide bonds. The van der Waals surface area contributed by atoms with Gasteiger partial charge in [0.05, 0.1) is 0 Å². The molecule has 1 atom stereocenters. The number of nitrogens with one attached hydrogen (secondary N) is 1. The zero-order valence-corrected chi connectivity index (χ0v) is 12.7. The van der Waals surface area contributed by atoms with E-state index < -0.39 is 0 Å². The van der Waals surface area contributed by atoms with Crippen LogP contribution in [-0.4, -0.2) is 30.8 Å². The second kappa shape index (κ2) is 7.05. The molecular formula is C17H24N2O2. The molecule has 1 aromatic heterocycles. The summed E-state index contributed by atoms with van der Waals surface area (Å²) in [4.78, 5) is 4.51. The molecule has 114 valence electrons. The van der Waals surface area contributed by atoms with Gasteiger partial charge in [-0.1, -0.05) is 12.1 Å². The summed E-state index contributed by atoms with van der Waals surface area (Å²) in [7, 11) is 0. The first kappa shape index (κ1) is 14.5. The van der Waals surface area contributed by atoms with Crippen molar-refractivity contribution in [1.29, 1.82) is 0 Å². The Morgan fingerprint density at radius 3 is 2.90 bits per heavy atom. The van der Waals surface area contributed by atoms with Crippen LogP contribution in [0.3, 0.4) is 0 Å². The number of aryl methyl sites for hydroxylation is 1. The summed E-state index contributed by atoms with van der Waals surface area (Å²) in [5, 5.41) is 3.63. The first-order valence-electron chi connectivity index (χ1n) is 7.98. The minimum absolute atomic E-state index is 0.567. The fourth-order valence-corrected chi connectivity index (χ4v) is 2.98. The van der Waals surface area contributed by atoms with Gasteiger partial charge in [-0.25, -0.2) is 4.98 Å². The number of ether oxygens (including phenoxy) is 1. The monoisotopic (exact) mass is 288 g/mol. The summed E-state index contributed by atoms with van der Waals surface area (Å²) in [6, 6.07) is 8.50. The molecule has 4 nitrogen and oxygen atoms in total. The van der Waals surface area contributed by atoms with Crippen molar-refractivity contribution in [3.8, 4) is 0 Å². The fourth-order valence-electron chi connectivity index (χ4n) is 2.98. The zero-order chi connectivity index (χ0) is 14.5. The molecule has 0 unspecified atom stereocenters. The highest BCUT2D eigenvalue weighted by molar-refractivity contribution is 5.72. The van der Waals surface area contributed by atoms with Crippen LogP contribution in [0.5, 0.6) is 0 Å². The number of hydrogen-bond donors (Lipinski definition) is 1. The van der Waals surface area contributed by atoms with Crippen molar-refractivity contribution in [3.05, 3.63) is 30.2 Å². The van der Waals surface area contributed by atoms with E-state index in [4.69, 9.17) is 9.15 Å². The third kappa shape index (κ3) is 3.83. The number of nitrogens with zero attached hydrogens (tertiary/aromatic N) is 1. The van der Waals surface area contributed by atoms with Gasteiger partial charge >= 0.3 is 0 Å². The van der Waals surface area contributed by atoms with Crippen molar-refractivity contribution in [2.75, 3.05) is 19.8 Å².